The number of hydrogen-bond acceptors (Lipinski definition) is 5. The Hall–Kier alpha value is -1.71. The second kappa shape index (κ2) is 6.16. The molecule has 0 amide bonds. The summed E-state index contributed by atoms with van der Waals surface area (Å²) in [5, 5.41) is 8.69. The van der Waals surface area contributed by atoms with E-state index < -0.39 is 9.84 Å². The fourth-order valence-corrected chi connectivity index (χ4v) is 3.49. The molecule has 0 aromatic heterocycles. The van der Waals surface area contributed by atoms with E-state index in [2.05, 4.69) is 0 Å². The number of nitriles is 1. The number of likely N-dealkylation sites (tertiary alicyclic amines) is 1. The minimum absolute atomic E-state index is 0.00776. The lowest BCUT2D eigenvalue weighted by Gasteiger charge is -2.25. The first kappa shape index (κ1) is 14.7. The van der Waals surface area contributed by atoms with Crippen LogP contribution in [0.15, 0.2) is 29.2 Å². The van der Waals surface area contributed by atoms with Gasteiger partial charge in [-0.3, -0.25) is 9.69 Å². The molecule has 5 nitrogen and oxygen atoms in total. The van der Waals surface area contributed by atoms with Crippen molar-refractivity contribution in [2.45, 2.75) is 17.7 Å². The molecule has 1 saturated heterocycles. The van der Waals surface area contributed by atoms with Crippen molar-refractivity contribution in [2.75, 3.05) is 25.4 Å². The average Bonchev–Trinajstić information content (AvgIpc) is 2.45. The fraction of sp³-hybridized carbons (Fsp3) is 0.429. The number of rotatable bonds is 4. The van der Waals surface area contributed by atoms with Crippen LogP contribution in [0.25, 0.3) is 0 Å². The van der Waals surface area contributed by atoms with Crippen LogP contribution < -0.4 is 0 Å². The summed E-state index contributed by atoms with van der Waals surface area (Å²) < 4.78 is 24.3. The molecule has 0 aliphatic carbocycles. The first-order valence-electron chi connectivity index (χ1n) is 6.48. The van der Waals surface area contributed by atoms with Gasteiger partial charge in [0, 0.05) is 13.0 Å². The maximum atomic E-state index is 12.2. The summed E-state index contributed by atoms with van der Waals surface area (Å²) in [6, 6.07) is 7.86. The smallest absolute Gasteiger partial charge is 0.179 e. The normalized spacial score (nSPS) is 16.9. The Morgan fingerprint density at radius 1 is 1.25 bits per heavy atom. The van der Waals surface area contributed by atoms with Crippen LogP contribution in [0, 0.1) is 11.3 Å². The van der Waals surface area contributed by atoms with Crippen molar-refractivity contribution in [1.29, 1.82) is 5.26 Å². The summed E-state index contributed by atoms with van der Waals surface area (Å²) in [4.78, 5) is 13.4. The van der Waals surface area contributed by atoms with Gasteiger partial charge in [-0.1, -0.05) is 0 Å². The van der Waals surface area contributed by atoms with Gasteiger partial charge in [0.2, 0.25) is 0 Å². The van der Waals surface area contributed by atoms with Crippen LogP contribution in [-0.2, 0) is 14.6 Å². The molecule has 1 aromatic carbocycles. The van der Waals surface area contributed by atoms with Gasteiger partial charge in [-0.05, 0) is 37.2 Å². The van der Waals surface area contributed by atoms with Crippen molar-refractivity contribution < 1.29 is 13.2 Å². The third-order valence-corrected chi connectivity index (χ3v) is 5.06. The summed E-state index contributed by atoms with van der Waals surface area (Å²) >= 11 is 0. The predicted octanol–water partition coefficient (Wildman–Crippen LogP) is 0.997. The number of Topliss-reactive ketones (excluding diaryl/α,β-unsaturated/α-hetero) is 1. The van der Waals surface area contributed by atoms with Crippen molar-refractivity contribution in [2.24, 2.45) is 0 Å². The van der Waals surface area contributed by atoms with E-state index in [1.165, 1.54) is 24.3 Å². The van der Waals surface area contributed by atoms with E-state index in [-0.39, 0.29) is 16.4 Å². The van der Waals surface area contributed by atoms with E-state index in [9.17, 15) is 13.2 Å². The molecule has 20 heavy (non-hydrogen) atoms. The van der Waals surface area contributed by atoms with Crippen molar-refractivity contribution in [3.63, 3.8) is 0 Å². The molecule has 0 atom stereocenters. The van der Waals surface area contributed by atoms with E-state index in [0.717, 1.165) is 13.0 Å². The van der Waals surface area contributed by atoms with Gasteiger partial charge in [0.25, 0.3) is 0 Å². The molecule has 1 aromatic rings. The van der Waals surface area contributed by atoms with Crippen LogP contribution >= 0.6 is 0 Å². The van der Waals surface area contributed by atoms with Gasteiger partial charge in [0.1, 0.15) is 5.78 Å². The van der Waals surface area contributed by atoms with E-state index in [1.54, 1.807) is 0 Å². The molecule has 106 valence electrons. The third kappa shape index (κ3) is 3.65. The SMILES string of the molecule is N#Cc1ccc(S(=O)(=O)CCN2CCCC(=O)C2)cc1. The molecular formula is C14H16N2O3S. The molecule has 0 saturated carbocycles. The topological polar surface area (TPSA) is 78.2 Å². The zero-order valence-corrected chi connectivity index (χ0v) is 11.9. The Balaban J connectivity index is 2.00. The Labute approximate surface area is 118 Å². The van der Waals surface area contributed by atoms with Crippen molar-refractivity contribution in [3.8, 4) is 6.07 Å². The van der Waals surface area contributed by atoms with E-state index in [0.29, 0.717) is 25.1 Å². The second-order valence-corrected chi connectivity index (χ2v) is 6.98. The Bertz CT molecular complexity index is 629. The maximum Gasteiger partial charge on any atom is 0.179 e. The monoisotopic (exact) mass is 292 g/mol. The lowest BCUT2D eigenvalue weighted by atomic mass is 10.1. The van der Waals surface area contributed by atoms with Gasteiger partial charge < -0.3 is 0 Å². The molecule has 0 unspecified atom stereocenters. The zero-order valence-electron chi connectivity index (χ0n) is 11.1. The van der Waals surface area contributed by atoms with Crippen LogP contribution in [0.1, 0.15) is 18.4 Å². The number of carbonyl (C=O) groups is 1. The number of piperidine rings is 1. The number of nitrogens with zero attached hydrogens (tertiary/aromatic N) is 2. The first-order valence-corrected chi connectivity index (χ1v) is 8.13. The Morgan fingerprint density at radius 2 is 1.95 bits per heavy atom. The average molecular weight is 292 g/mol. The molecule has 2 rings (SSSR count). The number of sulfone groups is 1. The number of carbonyl (C=O) groups excluding carboxylic acids is 1. The van der Waals surface area contributed by atoms with Gasteiger partial charge >= 0.3 is 0 Å². The molecule has 6 heteroatoms. The first-order chi connectivity index (χ1) is 9.51. The molecular weight excluding hydrogens is 276 g/mol. The van der Waals surface area contributed by atoms with Crippen molar-refractivity contribution in [1.82, 2.24) is 4.90 Å². The molecule has 1 aliphatic heterocycles. The van der Waals surface area contributed by atoms with Crippen molar-refractivity contribution >= 4 is 15.6 Å². The van der Waals surface area contributed by atoms with Gasteiger partial charge in [-0.15, -0.1) is 0 Å². The lowest BCUT2D eigenvalue weighted by molar-refractivity contribution is -0.122. The largest absolute Gasteiger partial charge is 0.298 e. The van der Waals surface area contributed by atoms with Crippen LogP contribution in [-0.4, -0.2) is 44.5 Å². The summed E-state index contributed by atoms with van der Waals surface area (Å²) in [7, 11) is -3.36. The van der Waals surface area contributed by atoms with Crippen LogP contribution in [0.5, 0.6) is 0 Å². The maximum absolute atomic E-state index is 12.2. The molecule has 0 bridgehead atoms. The number of ketones is 1. The highest BCUT2D eigenvalue weighted by molar-refractivity contribution is 7.91. The second-order valence-electron chi connectivity index (χ2n) is 4.87. The molecule has 1 heterocycles. The van der Waals surface area contributed by atoms with E-state index in [1.807, 2.05) is 11.0 Å². The third-order valence-electron chi connectivity index (χ3n) is 3.35. The highest BCUT2D eigenvalue weighted by Gasteiger charge is 2.20. The lowest BCUT2D eigenvalue weighted by Crippen LogP contribution is -2.38. The Kier molecular flexibility index (Phi) is 4.53. The van der Waals surface area contributed by atoms with E-state index >= 15 is 0 Å². The summed E-state index contributed by atoms with van der Waals surface area (Å²) in [5.41, 5.74) is 0.436. The molecule has 0 spiro atoms. The molecule has 0 N–H and O–H groups in total. The van der Waals surface area contributed by atoms with Crippen LogP contribution in [0.4, 0.5) is 0 Å². The number of hydrogen-bond donors (Lipinski definition) is 0. The van der Waals surface area contributed by atoms with Crippen LogP contribution in [0.2, 0.25) is 0 Å². The zero-order chi connectivity index (χ0) is 14.6. The molecule has 1 aliphatic rings. The quantitative estimate of drug-likeness (QED) is 0.827. The van der Waals surface area contributed by atoms with Crippen LogP contribution in [0.3, 0.4) is 0 Å². The molecule has 0 radical (unpaired) electrons. The minimum Gasteiger partial charge on any atom is -0.298 e. The summed E-state index contributed by atoms with van der Waals surface area (Å²) in [6.45, 7) is 1.49. The summed E-state index contributed by atoms with van der Waals surface area (Å²) in [6.07, 6.45) is 1.40. The minimum atomic E-state index is -3.36. The van der Waals surface area contributed by atoms with Gasteiger partial charge in [0.15, 0.2) is 9.84 Å². The molecule has 1 fully saturated rings. The van der Waals surface area contributed by atoms with Gasteiger partial charge in [-0.25, -0.2) is 8.42 Å². The van der Waals surface area contributed by atoms with Gasteiger partial charge in [0.05, 0.1) is 28.8 Å². The Morgan fingerprint density at radius 3 is 2.55 bits per heavy atom. The highest BCUT2D eigenvalue weighted by Crippen LogP contribution is 2.13. The van der Waals surface area contributed by atoms with Crippen molar-refractivity contribution in [3.05, 3.63) is 29.8 Å². The number of benzene rings is 1. The fourth-order valence-electron chi connectivity index (χ4n) is 2.20. The van der Waals surface area contributed by atoms with Gasteiger partial charge in [-0.2, -0.15) is 5.26 Å². The standard InChI is InChI=1S/C14H16N2O3S/c15-10-12-3-5-14(6-4-12)20(18,19)9-8-16-7-1-2-13(17)11-16/h3-6H,1-2,7-9,11H2. The summed E-state index contributed by atoms with van der Waals surface area (Å²) in [5.74, 6) is 0.165. The highest BCUT2D eigenvalue weighted by atomic mass is 32.2. The van der Waals surface area contributed by atoms with E-state index in [4.69, 9.17) is 5.26 Å². The predicted molar refractivity (Wildman–Crippen MR) is 73.9 cm³/mol.